The largest absolute Gasteiger partial charge is 0.497 e. The number of hydrogen-bond donors (Lipinski definition) is 0. The van der Waals surface area contributed by atoms with Gasteiger partial charge < -0.3 is 23.8 Å². The number of hydrogen-bond acceptors (Lipinski definition) is 7. The van der Waals surface area contributed by atoms with E-state index >= 15 is 0 Å². The smallest absolute Gasteiger partial charge is 0.251 e. The van der Waals surface area contributed by atoms with Crippen molar-refractivity contribution in [2.24, 2.45) is 0 Å². The highest BCUT2D eigenvalue weighted by Crippen LogP contribution is 2.28. The Bertz CT molecular complexity index is 897. The van der Waals surface area contributed by atoms with Gasteiger partial charge in [0, 0.05) is 25.1 Å². The normalized spacial score (nSPS) is 16.9. The van der Waals surface area contributed by atoms with E-state index in [9.17, 15) is 9.59 Å². The highest BCUT2D eigenvalue weighted by atomic mass is 16.5. The molecule has 1 aliphatic rings. The van der Waals surface area contributed by atoms with Crippen molar-refractivity contribution in [1.29, 1.82) is 0 Å². The summed E-state index contributed by atoms with van der Waals surface area (Å²) in [7, 11) is 3.16. The average Bonchev–Trinajstić information content (AvgIpc) is 3.06. The van der Waals surface area contributed by atoms with Crippen LogP contribution in [0.1, 0.15) is 43.1 Å². The maximum Gasteiger partial charge on any atom is 0.251 e. The van der Waals surface area contributed by atoms with Gasteiger partial charge in [-0.15, -0.1) is 0 Å². The molecule has 0 aliphatic carbocycles. The molecule has 1 saturated heterocycles. The summed E-state index contributed by atoms with van der Waals surface area (Å²) in [5, 5.41) is 3.86. The third kappa shape index (κ3) is 4.72. The zero-order valence-electron chi connectivity index (χ0n) is 17.9. The Kier molecular flexibility index (Phi) is 6.91. The lowest BCUT2D eigenvalue weighted by Crippen LogP contribution is -2.40. The van der Waals surface area contributed by atoms with E-state index < -0.39 is 6.04 Å². The van der Waals surface area contributed by atoms with Crippen LogP contribution in [0, 0.1) is 6.92 Å². The minimum absolute atomic E-state index is 0.000355. The molecule has 1 aromatic carbocycles. The van der Waals surface area contributed by atoms with Crippen molar-refractivity contribution in [2.45, 2.75) is 39.2 Å². The average molecular weight is 416 g/mol. The molecule has 9 nitrogen and oxygen atoms in total. The van der Waals surface area contributed by atoms with Gasteiger partial charge in [0.2, 0.25) is 11.8 Å². The molecule has 1 aromatic heterocycles. The molecule has 1 atom stereocenters. The summed E-state index contributed by atoms with van der Waals surface area (Å²) in [5.74, 6) is 2.08. The highest BCUT2D eigenvalue weighted by Gasteiger charge is 2.34. The summed E-state index contributed by atoms with van der Waals surface area (Å²) in [6, 6.07) is 4.92. The fourth-order valence-electron chi connectivity index (χ4n) is 3.67. The van der Waals surface area contributed by atoms with Crippen LogP contribution >= 0.6 is 0 Å². The molecule has 1 aliphatic heterocycles. The van der Waals surface area contributed by atoms with Crippen LogP contribution in [-0.4, -0.2) is 65.6 Å². The Labute approximate surface area is 175 Å². The summed E-state index contributed by atoms with van der Waals surface area (Å²) < 4.78 is 16.0. The molecule has 2 amide bonds. The standard InChI is InChI=1S/C21H28N4O5/c1-5-19(26)25-10-6-9-24(13-17(25)21-22-14(2)23-30-21)20(27)12-15-11-16(28-3)7-8-18(15)29-4/h7-8,11,17H,5-6,9-10,12-13H2,1-4H3. The minimum Gasteiger partial charge on any atom is -0.497 e. The number of carbonyl (C=O) groups excluding carboxylic acids is 2. The van der Waals surface area contributed by atoms with Crippen LogP contribution < -0.4 is 9.47 Å². The molecule has 0 radical (unpaired) electrons. The molecule has 0 bridgehead atoms. The van der Waals surface area contributed by atoms with E-state index in [1.165, 1.54) is 0 Å². The number of benzene rings is 1. The van der Waals surface area contributed by atoms with Crippen LogP contribution in [0.2, 0.25) is 0 Å². The van der Waals surface area contributed by atoms with Crippen molar-refractivity contribution in [3.63, 3.8) is 0 Å². The van der Waals surface area contributed by atoms with E-state index in [1.54, 1.807) is 49.1 Å². The monoisotopic (exact) mass is 416 g/mol. The Morgan fingerprint density at radius 2 is 2.00 bits per heavy atom. The molecular formula is C21H28N4O5. The predicted molar refractivity (Wildman–Crippen MR) is 108 cm³/mol. The lowest BCUT2D eigenvalue weighted by atomic mass is 10.1. The second kappa shape index (κ2) is 9.60. The predicted octanol–water partition coefficient (Wildman–Crippen LogP) is 2.15. The van der Waals surface area contributed by atoms with Gasteiger partial charge in [-0.05, 0) is 31.5 Å². The van der Waals surface area contributed by atoms with Crippen LogP contribution in [0.15, 0.2) is 22.7 Å². The maximum atomic E-state index is 13.2. The van der Waals surface area contributed by atoms with Gasteiger partial charge in [-0.25, -0.2) is 0 Å². The molecule has 0 N–H and O–H groups in total. The van der Waals surface area contributed by atoms with Crippen LogP contribution in [-0.2, 0) is 16.0 Å². The van der Waals surface area contributed by atoms with Gasteiger partial charge in [0.05, 0.1) is 27.2 Å². The van der Waals surface area contributed by atoms with Gasteiger partial charge in [0.25, 0.3) is 5.89 Å². The van der Waals surface area contributed by atoms with Gasteiger partial charge in [-0.1, -0.05) is 12.1 Å². The van der Waals surface area contributed by atoms with Crippen LogP contribution in [0.25, 0.3) is 0 Å². The number of aryl methyl sites for hydroxylation is 1. The summed E-state index contributed by atoms with van der Waals surface area (Å²) in [6.45, 7) is 4.93. The molecule has 2 heterocycles. The first-order valence-corrected chi connectivity index (χ1v) is 10.0. The summed E-state index contributed by atoms with van der Waals surface area (Å²) in [4.78, 5) is 33.5. The molecule has 9 heteroatoms. The number of amides is 2. The van der Waals surface area contributed by atoms with E-state index in [2.05, 4.69) is 10.1 Å². The maximum absolute atomic E-state index is 13.2. The third-order valence-corrected chi connectivity index (χ3v) is 5.23. The first-order valence-electron chi connectivity index (χ1n) is 10.0. The third-order valence-electron chi connectivity index (χ3n) is 5.23. The molecular weight excluding hydrogens is 388 g/mol. The number of ether oxygens (including phenoxy) is 2. The van der Waals surface area contributed by atoms with Gasteiger partial charge in [-0.3, -0.25) is 9.59 Å². The minimum atomic E-state index is -0.461. The SMILES string of the molecule is CCC(=O)N1CCCN(C(=O)Cc2cc(OC)ccc2OC)CC1c1nc(C)no1. The van der Waals surface area contributed by atoms with E-state index in [-0.39, 0.29) is 18.2 Å². The van der Waals surface area contributed by atoms with Gasteiger partial charge in [0.15, 0.2) is 5.82 Å². The lowest BCUT2D eigenvalue weighted by molar-refractivity contribution is -0.136. The van der Waals surface area contributed by atoms with E-state index in [1.807, 2.05) is 6.92 Å². The van der Waals surface area contributed by atoms with Gasteiger partial charge in [-0.2, -0.15) is 4.98 Å². The van der Waals surface area contributed by atoms with Crippen LogP contribution in [0.3, 0.4) is 0 Å². The van der Waals surface area contributed by atoms with Crippen molar-refractivity contribution < 1.29 is 23.6 Å². The molecule has 2 aromatic rings. The highest BCUT2D eigenvalue weighted by molar-refractivity contribution is 5.80. The topological polar surface area (TPSA) is 98.0 Å². The number of nitrogens with zero attached hydrogens (tertiary/aromatic N) is 4. The summed E-state index contributed by atoms with van der Waals surface area (Å²) >= 11 is 0. The zero-order valence-corrected chi connectivity index (χ0v) is 17.9. The molecule has 3 rings (SSSR count). The number of methoxy groups -OCH3 is 2. The van der Waals surface area contributed by atoms with Crippen molar-refractivity contribution in [2.75, 3.05) is 33.9 Å². The number of carbonyl (C=O) groups is 2. The van der Waals surface area contributed by atoms with Gasteiger partial charge >= 0.3 is 0 Å². The second-order valence-corrected chi connectivity index (χ2v) is 7.18. The molecule has 0 saturated carbocycles. The van der Waals surface area contributed by atoms with E-state index in [0.717, 1.165) is 5.56 Å². The van der Waals surface area contributed by atoms with Crippen LogP contribution in [0.5, 0.6) is 11.5 Å². The van der Waals surface area contributed by atoms with Crippen molar-refractivity contribution >= 4 is 11.8 Å². The quantitative estimate of drug-likeness (QED) is 0.712. The van der Waals surface area contributed by atoms with E-state index in [4.69, 9.17) is 14.0 Å². The molecule has 30 heavy (non-hydrogen) atoms. The summed E-state index contributed by atoms with van der Waals surface area (Å²) in [5.41, 5.74) is 0.748. The Morgan fingerprint density at radius 3 is 2.63 bits per heavy atom. The van der Waals surface area contributed by atoms with Crippen LogP contribution in [0.4, 0.5) is 0 Å². The fraction of sp³-hybridized carbons (Fsp3) is 0.524. The number of rotatable bonds is 6. The van der Waals surface area contributed by atoms with Crippen molar-refractivity contribution in [1.82, 2.24) is 19.9 Å². The second-order valence-electron chi connectivity index (χ2n) is 7.18. The molecule has 162 valence electrons. The Morgan fingerprint density at radius 1 is 1.20 bits per heavy atom. The number of aromatic nitrogens is 2. The zero-order chi connectivity index (χ0) is 21.7. The molecule has 0 spiro atoms. The van der Waals surface area contributed by atoms with Crippen molar-refractivity contribution in [3.05, 3.63) is 35.5 Å². The molecule has 1 unspecified atom stereocenters. The first kappa shape index (κ1) is 21.6. The first-order chi connectivity index (χ1) is 14.5. The Hall–Kier alpha value is -3.10. The molecule has 1 fully saturated rings. The van der Waals surface area contributed by atoms with Gasteiger partial charge in [0.1, 0.15) is 17.5 Å². The Balaban J connectivity index is 1.83. The van der Waals surface area contributed by atoms with Crippen molar-refractivity contribution in [3.8, 4) is 11.5 Å². The lowest BCUT2D eigenvalue weighted by Gasteiger charge is -2.29. The van der Waals surface area contributed by atoms with E-state index in [0.29, 0.717) is 55.7 Å². The summed E-state index contributed by atoms with van der Waals surface area (Å²) in [6.07, 6.45) is 1.21. The fourth-order valence-corrected chi connectivity index (χ4v) is 3.67.